The zero-order valence-corrected chi connectivity index (χ0v) is 9.49. The molecule has 0 unspecified atom stereocenters. The lowest BCUT2D eigenvalue weighted by Gasteiger charge is -1.94. The standard InChI is InChI=1S/C12H7N3O4/c16-12(10-1-2-11(19-10)15(17)18)8-6-14-9-3-4-13-5-7(8)9/h1-6,14H. The van der Waals surface area contributed by atoms with Gasteiger partial charge in [0.25, 0.3) is 0 Å². The molecule has 3 aromatic rings. The highest BCUT2D eigenvalue weighted by Gasteiger charge is 2.21. The van der Waals surface area contributed by atoms with E-state index in [0.29, 0.717) is 10.9 Å². The van der Waals surface area contributed by atoms with E-state index in [-0.39, 0.29) is 5.76 Å². The second kappa shape index (κ2) is 4.05. The van der Waals surface area contributed by atoms with Crippen LogP contribution in [-0.4, -0.2) is 20.7 Å². The Hall–Kier alpha value is -2.96. The molecule has 0 saturated carbocycles. The Kier molecular flexibility index (Phi) is 2.38. The highest BCUT2D eigenvalue weighted by atomic mass is 16.6. The van der Waals surface area contributed by atoms with Gasteiger partial charge in [0.1, 0.15) is 4.92 Å². The Balaban J connectivity index is 2.05. The van der Waals surface area contributed by atoms with Gasteiger partial charge in [-0.15, -0.1) is 0 Å². The van der Waals surface area contributed by atoms with E-state index < -0.39 is 16.6 Å². The molecule has 19 heavy (non-hydrogen) atoms. The zero-order valence-electron chi connectivity index (χ0n) is 9.49. The van der Waals surface area contributed by atoms with Crippen molar-refractivity contribution in [2.75, 3.05) is 0 Å². The predicted molar refractivity (Wildman–Crippen MR) is 64.9 cm³/mol. The number of nitrogens with zero attached hydrogens (tertiary/aromatic N) is 2. The van der Waals surface area contributed by atoms with Crippen molar-refractivity contribution in [2.45, 2.75) is 0 Å². The van der Waals surface area contributed by atoms with Crippen LogP contribution in [0.3, 0.4) is 0 Å². The molecule has 7 nitrogen and oxygen atoms in total. The van der Waals surface area contributed by atoms with E-state index in [1.54, 1.807) is 18.5 Å². The second-order valence-electron chi connectivity index (χ2n) is 3.85. The Morgan fingerprint density at radius 2 is 2.21 bits per heavy atom. The van der Waals surface area contributed by atoms with Crippen LogP contribution in [0.5, 0.6) is 0 Å². The first-order valence-corrected chi connectivity index (χ1v) is 5.37. The number of hydrogen-bond donors (Lipinski definition) is 1. The molecule has 0 radical (unpaired) electrons. The highest BCUT2D eigenvalue weighted by molar-refractivity contribution is 6.14. The third kappa shape index (κ3) is 1.77. The number of aromatic nitrogens is 2. The van der Waals surface area contributed by atoms with Crippen LogP contribution in [0.15, 0.2) is 41.2 Å². The Labute approximate surface area is 106 Å². The number of fused-ring (bicyclic) bond motifs is 1. The SMILES string of the molecule is O=C(c1ccc([N+](=O)[O-])o1)c1c[nH]c2ccncc12. The molecular weight excluding hydrogens is 250 g/mol. The summed E-state index contributed by atoms with van der Waals surface area (Å²) >= 11 is 0. The van der Waals surface area contributed by atoms with Gasteiger partial charge in [-0.25, -0.2) is 0 Å². The van der Waals surface area contributed by atoms with Crippen molar-refractivity contribution >= 4 is 22.6 Å². The van der Waals surface area contributed by atoms with Gasteiger partial charge >= 0.3 is 5.88 Å². The minimum Gasteiger partial charge on any atom is -0.397 e. The summed E-state index contributed by atoms with van der Waals surface area (Å²) in [4.78, 5) is 28.9. The third-order valence-corrected chi connectivity index (χ3v) is 2.72. The number of furan rings is 1. The Bertz CT molecular complexity index is 787. The summed E-state index contributed by atoms with van der Waals surface area (Å²) in [6, 6.07) is 4.17. The number of nitro groups is 1. The molecule has 3 aromatic heterocycles. The average Bonchev–Trinajstić information content (AvgIpc) is 3.05. The largest absolute Gasteiger partial charge is 0.433 e. The molecular formula is C12H7N3O4. The molecule has 0 fully saturated rings. The molecule has 3 rings (SSSR count). The van der Waals surface area contributed by atoms with Crippen molar-refractivity contribution in [3.8, 4) is 0 Å². The molecule has 0 aliphatic heterocycles. The van der Waals surface area contributed by atoms with Crippen molar-refractivity contribution in [3.05, 3.63) is 58.2 Å². The van der Waals surface area contributed by atoms with Crippen LogP contribution in [-0.2, 0) is 0 Å². The molecule has 0 saturated heterocycles. The van der Waals surface area contributed by atoms with Gasteiger partial charge in [0.15, 0.2) is 5.76 Å². The molecule has 0 amide bonds. The molecule has 0 spiro atoms. The number of pyridine rings is 1. The first kappa shape index (κ1) is 11.1. The van der Waals surface area contributed by atoms with E-state index >= 15 is 0 Å². The summed E-state index contributed by atoms with van der Waals surface area (Å²) in [6.45, 7) is 0. The van der Waals surface area contributed by atoms with Crippen LogP contribution < -0.4 is 0 Å². The topological polar surface area (TPSA) is 102 Å². The van der Waals surface area contributed by atoms with Crippen molar-refractivity contribution in [1.29, 1.82) is 0 Å². The van der Waals surface area contributed by atoms with Gasteiger partial charge in [-0.05, 0) is 12.1 Å². The molecule has 94 valence electrons. The lowest BCUT2D eigenvalue weighted by atomic mass is 10.1. The summed E-state index contributed by atoms with van der Waals surface area (Å²) in [5, 5.41) is 11.2. The van der Waals surface area contributed by atoms with Gasteiger partial charge in [-0.3, -0.25) is 19.9 Å². The van der Waals surface area contributed by atoms with Crippen molar-refractivity contribution in [3.63, 3.8) is 0 Å². The number of rotatable bonds is 3. The van der Waals surface area contributed by atoms with E-state index in [2.05, 4.69) is 9.97 Å². The smallest absolute Gasteiger partial charge is 0.397 e. The predicted octanol–water partition coefficient (Wildman–Crippen LogP) is 2.30. The van der Waals surface area contributed by atoms with Crippen molar-refractivity contribution in [1.82, 2.24) is 9.97 Å². The monoisotopic (exact) mass is 257 g/mol. The van der Waals surface area contributed by atoms with Crippen LogP contribution in [0.25, 0.3) is 10.9 Å². The normalized spacial score (nSPS) is 10.7. The number of carbonyl (C=O) groups excluding carboxylic acids is 1. The summed E-state index contributed by atoms with van der Waals surface area (Å²) in [5.74, 6) is -0.954. The molecule has 3 heterocycles. The van der Waals surface area contributed by atoms with Crippen LogP contribution in [0.4, 0.5) is 5.88 Å². The fourth-order valence-electron chi connectivity index (χ4n) is 1.83. The first-order chi connectivity index (χ1) is 9.16. The maximum absolute atomic E-state index is 12.2. The lowest BCUT2D eigenvalue weighted by Crippen LogP contribution is -1.98. The van der Waals surface area contributed by atoms with Crippen molar-refractivity contribution < 1.29 is 14.1 Å². The summed E-state index contributed by atoms with van der Waals surface area (Å²) < 4.78 is 4.90. The second-order valence-corrected chi connectivity index (χ2v) is 3.85. The van der Waals surface area contributed by atoms with Crippen LogP contribution >= 0.6 is 0 Å². The fraction of sp³-hybridized carbons (Fsp3) is 0. The lowest BCUT2D eigenvalue weighted by molar-refractivity contribution is -0.402. The first-order valence-electron chi connectivity index (χ1n) is 5.37. The molecule has 0 atom stereocenters. The van der Waals surface area contributed by atoms with Gasteiger partial charge in [-0.1, -0.05) is 0 Å². The summed E-state index contributed by atoms with van der Waals surface area (Å²) in [5.41, 5.74) is 1.13. The molecule has 1 N–H and O–H groups in total. The Morgan fingerprint density at radius 3 is 2.95 bits per heavy atom. The minimum atomic E-state index is -0.687. The van der Waals surface area contributed by atoms with Crippen LogP contribution in [0.2, 0.25) is 0 Å². The van der Waals surface area contributed by atoms with Crippen LogP contribution in [0.1, 0.15) is 16.1 Å². The summed E-state index contributed by atoms with van der Waals surface area (Å²) in [7, 11) is 0. The van der Waals surface area contributed by atoms with Gasteiger partial charge in [0.05, 0.1) is 11.6 Å². The molecule has 7 heteroatoms. The van der Waals surface area contributed by atoms with Gasteiger partial charge in [0.2, 0.25) is 5.78 Å². The molecule has 0 bridgehead atoms. The zero-order chi connectivity index (χ0) is 13.4. The van der Waals surface area contributed by atoms with Crippen molar-refractivity contribution in [2.24, 2.45) is 0 Å². The number of hydrogen-bond acceptors (Lipinski definition) is 5. The Morgan fingerprint density at radius 1 is 1.37 bits per heavy atom. The maximum Gasteiger partial charge on any atom is 0.433 e. The average molecular weight is 257 g/mol. The number of nitrogens with one attached hydrogen (secondary N) is 1. The third-order valence-electron chi connectivity index (χ3n) is 2.72. The quantitative estimate of drug-likeness (QED) is 0.440. The highest BCUT2D eigenvalue weighted by Crippen LogP contribution is 2.23. The number of ketones is 1. The van der Waals surface area contributed by atoms with Gasteiger partial charge in [-0.2, -0.15) is 0 Å². The number of carbonyl (C=O) groups is 1. The van der Waals surface area contributed by atoms with E-state index in [1.165, 1.54) is 12.3 Å². The molecule has 0 aromatic carbocycles. The van der Waals surface area contributed by atoms with Gasteiger partial charge in [0, 0.05) is 29.5 Å². The van der Waals surface area contributed by atoms with E-state index in [4.69, 9.17) is 4.42 Å². The molecule has 0 aliphatic carbocycles. The minimum absolute atomic E-state index is 0.0727. The van der Waals surface area contributed by atoms with E-state index in [9.17, 15) is 14.9 Å². The molecule has 0 aliphatic rings. The van der Waals surface area contributed by atoms with E-state index in [0.717, 1.165) is 11.6 Å². The van der Waals surface area contributed by atoms with Crippen LogP contribution in [0, 0.1) is 10.1 Å². The maximum atomic E-state index is 12.2. The van der Waals surface area contributed by atoms with Gasteiger partial charge < -0.3 is 9.40 Å². The van der Waals surface area contributed by atoms with E-state index in [1.807, 2.05) is 0 Å². The fourth-order valence-corrected chi connectivity index (χ4v) is 1.83. The number of H-pyrrole nitrogens is 1. The summed E-state index contributed by atoms with van der Waals surface area (Å²) in [6.07, 6.45) is 4.68. The number of aromatic amines is 1.